The lowest BCUT2D eigenvalue weighted by Gasteiger charge is -2.38. The molecule has 1 amide bonds. The van der Waals surface area contributed by atoms with Crippen molar-refractivity contribution in [2.24, 2.45) is 11.3 Å². The van der Waals surface area contributed by atoms with Gasteiger partial charge in [-0.1, -0.05) is 12.1 Å². The molecule has 2 N–H and O–H groups in total. The number of carbonyl (C=O) groups is 1. The average molecular weight is 531 g/mol. The largest absolute Gasteiger partial charge is 0.388 e. The first-order valence-electron chi connectivity index (χ1n) is 13.0. The molecular weight excluding hydrogens is 498 g/mol. The van der Waals surface area contributed by atoms with Gasteiger partial charge < -0.3 is 10.0 Å². The first kappa shape index (κ1) is 24.8. The number of anilines is 2. The van der Waals surface area contributed by atoms with E-state index in [1.54, 1.807) is 35.2 Å². The van der Waals surface area contributed by atoms with Crippen molar-refractivity contribution in [1.29, 1.82) is 0 Å². The summed E-state index contributed by atoms with van der Waals surface area (Å²) < 4.78 is 53.0. The SMILES string of the molecule is CS(=O)(=O)Nc1ccc2c(c1)C1(CCC3(CC3)CC1)CN2C(=O)c1cccc(C(O)C2CC(F)(F)C2)c1. The normalized spacial score (nSPS) is 23.9. The number of sulfonamides is 1. The van der Waals surface area contributed by atoms with Crippen molar-refractivity contribution in [3.05, 3.63) is 59.2 Å². The van der Waals surface area contributed by atoms with E-state index in [4.69, 9.17) is 0 Å². The van der Waals surface area contributed by atoms with Crippen LogP contribution in [0.15, 0.2) is 42.5 Å². The van der Waals surface area contributed by atoms with Crippen LogP contribution in [-0.4, -0.2) is 38.2 Å². The summed E-state index contributed by atoms with van der Waals surface area (Å²) in [6, 6.07) is 12.0. The van der Waals surface area contributed by atoms with Crippen molar-refractivity contribution in [3.8, 4) is 0 Å². The Labute approximate surface area is 216 Å². The van der Waals surface area contributed by atoms with Crippen molar-refractivity contribution in [2.45, 2.75) is 68.8 Å². The lowest BCUT2D eigenvalue weighted by molar-refractivity contribution is -0.142. The Bertz CT molecular complexity index is 1350. The van der Waals surface area contributed by atoms with Gasteiger partial charge in [-0.05, 0) is 85.4 Å². The Morgan fingerprint density at radius 2 is 1.73 bits per heavy atom. The molecule has 6 rings (SSSR count). The highest BCUT2D eigenvalue weighted by atomic mass is 32.2. The Kier molecular flexibility index (Phi) is 5.52. The number of aliphatic hydroxyl groups excluding tert-OH is 1. The maximum Gasteiger partial charge on any atom is 0.258 e. The Balaban J connectivity index is 1.31. The predicted molar refractivity (Wildman–Crippen MR) is 137 cm³/mol. The van der Waals surface area contributed by atoms with Gasteiger partial charge in [0.05, 0.1) is 12.4 Å². The molecule has 9 heteroatoms. The Morgan fingerprint density at radius 3 is 2.35 bits per heavy atom. The van der Waals surface area contributed by atoms with Crippen LogP contribution in [0.1, 0.15) is 79.0 Å². The smallest absolute Gasteiger partial charge is 0.258 e. The van der Waals surface area contributed by atoms with Gasteiger partial charge in [-0.2, -0.15) is 0 Å². The molecule has 0 aromatic heterocycles. The van der Waals surface area contributed by atoms with Crippen molar-refractivity contribution in [2.75, 3.05) is 22.4 Å². The molecule has 198 valence electrons. The third kappa shape index (κ3) is 4.54. The van der Waals surface area contributed by atoms with Gasteiger partial charge in [-0.25, -0.2) is 17.2 Å². The summed E-state index contributed by atoms with van der Waals surface area (Å²) in [4.78, 5) is 15.6. The maximum absolute atomic E-state index is 13.8. The minimum absolute atomic E-state index is 0.207. The van der Waals surface area contributed by atoms with E-state index >= 15 is 0 Å². The second kappa shape index (κ2) is 8.24. The van der Waals surface area contributed by atoms with Gasteiger partial charge in [0, 0.05) is 47.7 Å². The zero-order valence-corrected chi connectivity index (χ0v) is 21.7. The number of carbonyl (C=O) groups excluding carboxylic acids is 1. The van der Waals surface area contributed by atoms with Crippen LogP contribution in [0.5, 0.6) is 0 Å². The molecule has 1 unspecified atom stereocenters. The molecule has 4 aliphatic rings. The maximum atomic E-state index is 13.8. The number of nitrogens with zero attached hydrogens (tertiary/aromatic N) is 1. The van der Waals surface area contributed by atoms with Gasteiger partial charge in [-0.15, -0.1) is 0 Å². The second-order valence-corrected chi connectivity index (χ2v) is 13.6. The number of nitrogens with one attached hydrogen (secondary N) is 1. The topological polar surface area (TPSA) is 86.7 Å². The van der Waals surface area contributed by atoms with E-state index in [0.717, 1.165) is 43.2 Å². The standard InChI is InChI=1S/C28H32F2N2O4S/c1-37(35,36)31-21-5-6-23-22(14-21)27(11-9-26(7-8-26)10-12-27)17-32(23)25(34)19-4-2-3-18(13-19)24(33)20-15-28(29,30)16-20/h2-6,13-14,20,24,31,33H,7-12,15-17H2,1H3. The van der Waals surface area contributed by atoms with Crippen LogP contribution < -0.4 is 9.62 Å². The minimum atomic E-state index is -3.44. The molecule has 2 spiro atoms. The molecule has 2 aromatic carbocycles. The number of alkyl halides is 2. The number of amides is 1. The number of hydrogen-bond donors (Lipinski definition) is 2. The quantitative estimate of drug-likeness (QED) is 0.543. The number of fused-ring (bicyclic) bond motifs is 2. The van der Waals surface area contributed by atoms with E-state index in [2.05, 4.69) is 4.72 Å². The number of halogens is 2. The fraction of sp³-hybridized carbons (Fsp3) is 0.536. The van der Waals surface area contributed by atoms with E-state index in [0.29, 0.717) is 28.8 Å². The van der Waals surface area contributed by atoms with E-state index in [-0.39, 0.29) is 24.2 Å². The lowest BCUT2D eigenvalue weighted by atomic mass is 9.66. The number of rotatable bonds is 5. The summed E-state index contributed by atoms with van der Waals surface area (Å²) in [5.74, 6) is -3.45. The fourth-order valence-corrected chi connectivity index (χ4v) is 7.26. The van der Waals surface area contributed by atoms with Gasteiger partial charge >= 0.3 is 0 Å². The van der Waals surface area contributed by atoms with E-state index in [9.17, 15) is 27.1 Å². The molecule has 3 fully saturated rings. The molecule has 0 saturated heterocycles. The molecule has 37 heavy (non-hydrogen) atoms. The van der Waals surface area contributed by atoms with Crippen LogP contribution in [-0.2, 0) is 15.4 Å². The highest BCUT2D eigenvalue weighted by Crippen LogP contribution is 2.62. The molecule has 1 heterocycles. The highest BCUT2D eigenvalue weighted by Gasteiger charge is 2.54. The van der Waals surface area contributed by atoms with Gasteiger partial charge in [0.25, 0.3) is 5.91 Å². The van der Waals surface area contributed by atoms with Gasteiger partial charge in [0.15, 0.2) is 0 Å². The summed E-state index contributed by atoms with van der Waals surface area (Å²) in [5, 5.41) is 10.7. The molecule has 1 aliphatic heterocycles. The molecule has 3 aliphatic carbocycles. The fourth-order valence-electron chi connectivity index (χ4n) is 6.71. The third-order valence-electron chi connectivity index (χ3n) is 9.14. The third-order valence-corrected chi connectivity index (χ3v) is 9.74. The van der Waals surface area contributed by atoms with Crippen LogP contribution in [0.25, 0.3) is 0 Å². The van der Waals surface area contributed by atoms with Gasteiger partial charge in [-0.3, -0.25) is 9.52 Å². The second-order valence-electron chi connectivity index (χ2n) is 11.9. The lowest BCUT2D eigenvalue weighted by Crippen LogP contribution is -2.40. The summed E-state index contributed by atoms with van der Waals surface area (Å²) in [6.45, 7) is 0.515. The molecule has 0 bridgehead atoms. The molecule has 3 saturated carbocycles. The van der Waals surface area contributed by atoms with E-state index in [1.807, 2.05) is 12.1 Å². The molecule has 0 radical (unpaired) electrons. The van der Waals surface area contributed by atoms with E-state index in [1.165, 1.54) is 12.8 Å². The average Bonchev–Trinajstić information content (AvgIpc) is 3.53. The summed E-state index contributed by atoms with van der Waals surface area (Å²) in [5.41, 5.74) is 3.36. The predicted octanol–water partition coefficient (Wildman–Crippen LogP) is 5.39. The van der Waals surface area contributed by atoms with Gasteiger partial charge in [0.2, 0.25) is 15.9 Å². The zero-order chi connectivity index (χ0) is 26.2. The van der Waals surface area contributed by atoms with Crippen LogP contribution >= 0.6 is 0 Å². The van der Waals surface area contributed by atoms with Crippen molar-refractivity contribution < 1.29 is 27.1 Å². The number of benzene rings is 2. The molecule has 6 nitrogen and oxygen atoms in total. The molecular formula is C28H32F2N2O4S. The Hall–Kier alpha value is -2.52. The number of aliphatic hydroxyl groups is 1. The first-order valence-corrected chi connectivity index (χ1v) is 14.9. The van der Waals surface area contributed by atoms with Crippen molar-refractivity contribution in [1.82, 2.24) is 0 Å². The summed E-state index contributed by atoms with van der Waals surface area (Å²) in [7, 11) is -3.44. The number of hydrogen-bond acceptors (Lipinski definition) is 4. The Morgan fingerprint density at radius 1 is 1.05 bits per heavy atom. The summed E-state index contributed by atoms with van der Waals surface area (Å²) in [6.07, 6.45) is 6.00. The molecule has 2 aromatic rings. The van der Waals surface area contributed by atoms with Crippen LogP contribution in [0.4, 0.5) is 20.2 Å². The van der Waals surface area contributed by atoms with Crippen molar-refractivity contribution >= 4 is 27.3 Å². The highest BCUT2D eigenvalue weighted by molar-refractivity contribution is 7.92. The van der Waals surface area contributed by atoms with Crippen LogP contribution in [0.2, 0.25) is 0 Å². The zero-order valence-electron chi connectivity index (χ0n) is 20.8. The monoisotopic (exact) mass is 530 g/mol. The minimum Gasteiger partial charge on any atom is -0.388 e. The summed E-state index contributed by atoms with van der Waals surface area (Å²) >= 11 is 0. The van der Waals surface area contributed by atoms with Crippen LogP contribution in [0, 0.1) is 11.3 Å². The van der Waals surface area contributed by atoms with Gasteiger partial charge in [0.1, 0.15) is 0 Å². The first-order chi connectivity index (χ1) is 17.4. The van der Waals surface area contributed by atoms with E-state index < -0.39 is 28.0 Å². The van der Waals surface area contributed by atoms with Crippen molar-refractivity contribution in [3.63, 3.8) is 0 Å². The molecule has 1 atom stereocenters. The van der Waals surface area contributed by atoms with Crippen LogP contribution in [0.3, 0.4) is 0 Å².